The summed E-state index contributed by atoms with van der Waals surface area (Å²) in [4.78, 5) is 25.8. The van der Waals surface area contributed by atoms with E-state index in [1.807, 2.05) is 17.5 Å². The largest absolute Gasteiger partial charge is 0.496 e. The zero-order valence-electron chi connectivity index (χ0n) is 14.6. The Morgan fingerprint density at radius 3 is 2.33 bits per heavy atom. The van der Waals surface area contributed by atoms with Gasteiger partial charge in [-0.15, -0.1) is 11.3 Å². The Morgan fingerprint density at radius 1 is 0.926 bits per heavy atom. The Morgan fingerprint density at radius 2 is 1.63 bits per heavy atom. The molecule has 0 saturated heterocycles. The number of hydrogen-bond donors (Lipinski definition) is 2. The molecule has 136 valence electrons. The maximum atomic E-state index is 12.6. The highest BCUT2D eigenvalue weighted by atomic mass is 32.1. The van der Waals surface area contributed by atoms with Gasteiger partial charge in [-0.05, 0) is 41.8 Å². The van der Waals surface area contributed by atoms with E-state index in [9.17, 15) is 9.59 Å². The molecule has 1 heterocycles. The summed E-state index contributed by atoms with van der Waals surface area (Å²) in [5.41, 5.74) is 1.44. The van der Waals surface area contributed by atoms with E-state index >= 15 is 0 Å². The van der Waals surface area contributed by atoms with Crippen molar-refractivity contribution in [3.63, 3.8) is 0 Å². The molecular weight excluding hydrogens is 360 g/mol. The van der Waals surface area contributed by atoms with Gasteiger partial charge in [0.25, 0.3) is 5.91 Å². The molecule has 0 bridgehead atoms. The van der Waals surface area contributed by atoms with Gasteiger partial charge in [-0.2, -0.15) is 0 Å². The Hall–Kier alpha value is -3.38. The van der Waals surface area contributed by atoms with E-state index in [-0.39, 0.29) is 11.8 Å². The second-order valence-corrected chi connectivity index (χ2v) is 6.52. The van der Waals surface area contributed by atoms with Crippen LogP contribution in [0.15, 0.2) is 72.1 Å². The smallest absolute Gasteiger partial charge is 0.259 e. The molecule has 0 aliphatic carbocycles. The van der Waals surface area contributed by atoms with Crippen LogP contribution in [0.2, 0.25) is 0 Å². The number of anilines is 2. The van der Waals surface area contributed by atoms with Crippen molar-refractivity contribution < 1.29 is 14.3 Å². The summed E-state index contributed by atoms with van der Waals surface area (Å²) < 4.78 is 5.23. The minimum atomic E-state index is -0.316. The molecule has 6 heteroatoms. The highest BCUT2D eigenvalue weighted by molar-refractivity contribution is 7.10. The van der Waals surface area contributed by atoms with Crippen LogP contribution in [0.4, 0.5) is 11.4 Å². The average Bonchev–Trinajstić information content (AvgIpc) is 3.21. The molecule has 5 nitrogen and oxygen atoms in total. The van der Waals surface area contributed by atoms with E-state index in [1.54, 1.807) is 65.9 Å². The van der Waals surface area contributed by atoms with Crippen molar-refractivity contribution in [2.75, 3.05) is 17.7 Å². The Bertz CT molecular complexity index is 965. The molecule has 0 radical (unpaired) electrons. The molecule has 3 rings (SSSR count). The minimum absolute atomic E-state index is 0.276. The molecule has 2 aromatic carbocycles. The van der Waals surface area contributed by atoms with Crippen LogP contribution in [0.3, 0.4) is 0 Å². The lowest BCUT2D eigenvalue weighted by Gasteiger charge is -2.13. The first-order chi connectivity index (χ1) is 13.2. The molecule has 1 aromatic heterocycles. The number of para-hydroxylation sites is 3. The second kappa shape index (κ2) is 8.82. The monoisotopic (exact) mass is 378 g/mol. The van der Waals surface area contributed by atoms with Gasteiger partial charge in [-0.1, -0.05) is 30.3 Å². The number of rotatable bonds is 6. The van der Waals surface area contributed by atoms with E-state index in [0.29, 0.717) is 22.7 Å². The zero-order valence-corrected chi connectivity index (χ0v) is 15.5. The van der Waals surface area contributed by atoms with Gasteiger partial charge in [0.1, 0.15) is 5.75 Å². The molecule has 0 atom stereocenters. The lowest BCUT2D eigenvalue weighted by Crippen LogP contribution is -2.16. The van der Waals surface area contributed by atoms with Crippen molar-refractivity contribution in [3.05, 3.63) is 82.6 Å². The third kappa shape index (κ3) is 4.83. The van der Waals surface area contributed by atoms with Crippen molar-refractivity contribution in [2.24, 2.45) is 0 Å². The van der Waals surface area contributed by atoms with Crippen molar-refractivity contribution >= 4 is 40.6 Å². The van der Waals surface area contributed by atoms with Crippen LogP contribution in [-0.2, 0) is 4.79 Å². The first-order valence-electron chi connectivity index (χ1n) is 8.23. The average molecular weight is 378 g/mol. The fraction of sp³-hybridized carbons (Fsp3) is 0.0476. The van der Waals surface area contributed by atoms with Crippen LogP contribution in [0.25, 0.3) is 6.08 Å². The Labute approximate surface area is 161 Å². The molecule has 0 unspecified atom stereocenters. The van der Waals surface area contributed by atoms with Crippen molar-refractivity contribution in [3.8, 4) is 5.75 Å². The molecule has 0 aliphatic rings. The number of ether oxygens (including phenoxy) is 1. The quantitative estimate of drug-likeness (QED) is 0.613. The summed E-state index contributed by atoms with van der Waals surface area (Å²) in [7, 11) is 1.51. The number of amides is 2. The highest BCUT2D eigenvalue weighted by Gasteiger charge is 2.13. The van der Waals surface area contributed by atoms with E-state index < -0.39 is 0 Å². The molecular formula is C21H18N2O3S. The van der Waals surface area contributed by atoms with Crippen LogP contribution in [0, 0.1) is 0 Å². The first-order valence-corrected chi connectivity index (χ1v) is 9.11. The number of hydrogen-bond acceptors (Lipinski definition) is 4. The highest BCUT2D eigenvalue weighted by Crippen LogP contribution is 2.24. The van der Waals surface area contributed by atoms with Gasteiger partial charge in [0.2, 0.25) is 5.91 Å². The minimum Gasteiger partial charge on any atom is -0.496 e. The third-order valence-corrected chi connectivity index (χ3v) is 4.56. The zero-order chi connectivity index (χ0) is 19.1. The molecule has 3 aromatic rings. The van der Waals surface area contributed by atoms with E-state index in [0.717, 1.165) is 4.88 Å². The molecule has 0 spiro atoms. The van der Waals surface area contributed by atoms with E-state index in [2.05, 4.69) is 10.6 Å². The molecule has 2 N–H and O–H groups in total. The van der Waals surface area contributed by atoms with Gasteiger partial charge in [0.05, 0.1) is 24.0 Å². The summed E-state index contributed by atoms with van der Waals surface area (Å²) in [5, 5.41) is 7.56. The molecule has 2 amide bonds. The Kier molecular flexibility index (Phi) is 6.02. The number of carbonyl (C=O) groups is 2. The maximum absolute atomic E-state index is 12.6. The lowest BCUT2D eigenvalue weighted by molar-refractivity contribution is -0.111. The summed E-state index contributed by atoms with van der Waals surface area (Å²) in [6, 6.07) is 17.8. The number of carbonyl (C=O) groups excluding carboxylic acids is 2. The number of nitrogens with one attached hydrogen (secondary N) is 2. The first kappa shape index (κ1) is 18.4. The summed E-state index contributed by atoms with van der Waals surface area (Å²) in [6.07, 6.45) is 3.21. The van der Waals surface area contributed by atoms with Gasteiger partial charge < -0.3 is 15.4 Å². The maximum Gasteiger partial charge on any atom is 0.259 e. The van der Waals surface area contributed by atoms with Crippen molar-refractivity contribution in [1.29, 1.82) is 0 Å². The van der Waals surface area contributed by atoms with Crippen LogP contribution in [0.1, 0.15) is 15.2 Å². The summed E-state index contributed by atoms with van der Waals surface area (Å²) >= 11 is 1.55. The fourth-order valence-electron chi connectivity index (χ4n) is 2.44. The van der Waals surface area contributed by atoms with Crippen LogP contribution < -0.4 is 15.4 Å². The van der Waals surface area contributed by atoms with E-state index in [4.69, 9.17) is 4.74 Å². The second-order valence-electron chi connectivity index (χ2n) is 5.54. The van der Waals surface area contributed by atoms with Crippen molar-refractivity contribution in [2.45, 2.75) is 0 Å². The normalized spacial score (nSPS) is 10.6. The summed E-state index contributed by atoms with van der Waals surface area (Å²) in [5.74, 6) is -0.110. The molecule has 27 heavy (non-hydrogen) atoms. The van der Waals surface area contributed by atoms with Gasteiger partial charge in [-0.25, -0.2) is 0 Å². The topological polar surface area (TPSA) is 67.4 Å². The molecule has 0 fully saturated rings. The van der Waals surface area contributed by atoms with Crippen LogP contribution >= 0.6 is 11.3 Å². The SMILES string of the molecule is COc1ccccc1C(=O)Nc1ccccc1NC(=O)/C=C/c1cccs1. The molecule has 0 saturated carbocycles. The Balaban J connectivity index is 1.74. The lowest BCUT2D eigenvalue weighted by atomic mass is 10.1. The predicted octanol–water partition coefficient (Wildman–Crippen LogP) is 4.66. The van der Waals surface area contributed by atoms with Crippen LogP contribution in [0.5, 0.6) is 5.75 Å². The van der Waals surface area contributed by atoms with Crippen LogP contribution in [-0.4, -0.2) is 18.9 Å². The van der Waals surface area contributed by atoms with Crippen molar-refractivity contribution in [1.82, 2.24) is 0 Å². The third-order valence-electron chi connectivity index (χ3n) is 3.73. The standard InChI is InChI=1S/C21H18N2O3S/c1-26-19-11-5-2-8-16(19)21(25)23-18-10-4-3-9-17(18)22-20(24)13-12-15-7-6-14-27-15/h2-14H,1H3,(H,22,24)(H,23,25)/b13-12+. The van der Waals surface area contributed by atoms with Gasteiger partial charge in [-0.3, -0.25) is 9.59 Å². The van der Waals surface area contributed by atoms with Gasteiger partial charge in [0.15, 0.2) is 0 Å². The predicted molar refractivity (Wildman–Crippen MR) is 109 cm³/mol. The van der Waals surface area contributed by atoms with Gasteiger partial charge >= 0.3 is 0 Å². The number of benzene rings is 2. The number of thiophene rings is 1. The number of methoxy groups -OCH3 is 1. The van der Waals surface area contributed by atoms with E-state index in [1.165, 1.54) is 13.2 Å². The summed E-state index contributed by atoms with van der Waals surface area (Å²) in [6.45, 7) is 0. The fourth-order valence-corrected chi connectivity index (χ4v) is 3.06. The molecule has 0 aliphatic heterocycles. The van der Waals surface area contributed by atoms with Gasteiger partial charge in [0, 0.05) is 11.0 Å².